The van der Waals surface area contributed by atoms with E-state index in [-0.39, 0.29) is 11.6 Å². The van der Waals surface area contributed by atoms with E-state index in [0.29, 0.717) is 16.9 Å². The lowest BCUT2D eigenvalue weighted by atomic mass is 10.1. The van der Waals surface area contributed by atoms with Gasteiger partial charge in [-0.25, -0.2) is 4.39 Å². The van der Waals surface area contributed by atoms with Crippen LogP contribution in [0.25, 0.3) is 0 Å². The first-order chi connectivity index (χ1) is 9.54. The molecule has 0 saturated heterocycles. The average Bonchev–Trinajstić information content (AvgIpc) is 2.39. The summed E-state index contributed by atoms with van der Waals surface area (Å²) in [6.07, 6.45) is 1.49. The molecular formula is C16H13BrFNO. The molecule has 0 heterocycles. The molecule has 1 N–H and O–H groups in total. The summed E-state index contributed by atoms with van der Waals surface area (Å²) in [4.78, 5) is 12.0. The van der Waals surface area contributed by atoms with Gasteiger partial charge in [-0.05, 0) is 49.4 Å². The number of hydrogen-bond acceptors (Lipinski definition) is 2. The number of nitrogens with one attached hydrogen (secondary N) is 1. The third kappa shape index (κ3) is 4.03. The molecule has 20 heavy (non-hydrogen) atoms. The van der Waals surface area contributed by atoms with Crippen LogP contribution < -0.4 is 5.32 Å². The van der Waals surface area contributed by atoms with E-state index in [1.165, 1.54) is 18.2 Å². The van der Waals surface area contributed by atoms with E-state index in [2.05, 4.69) is 21.2 Å². The van der Waals surface area contributed by atoms with Gasteiger partial charge in [0, 0.05) is 27.5 Å². The highest BCUT2D eigenvalue weighted by Crippen LogP contribution is 2.14. The fourth-order valence-corrected chi connectivity index (χ4v) is 1.99. The van der Waals surface area contributed by atoms with E-state index < -0.39 is 0 Å². The molecule has 4 heteroatoms. The molecule has 0 aliphatic carbocycles. The third-order valence-corrected chi connectivity index (χ3v) is 3.17. The van der Waals surface area contributed by atoms with Crippen LogP contribution in [-0.2, 0) is 0 Å². The summed E-state index contributed by atoms with van der Waals surface area (Å²) in [5.74, 6) is -0.416. The van der Waals surface area contributed by atoms with Gasteiger partial charge in [0.15, 0.2) is 5.78 Å². The molecule has 2 nitrogen and oxygen atoms in total. The van der Waals surface area contributed by atoms with E-state index in [9.17, 15) is 9.18 Å². The zero-order valence-electron chi connectivity index (χ0n) is 10.9. The van der Waals surface area contributed by atoms with Gasteiger partial charge in [0.25, 0.3) is 0 Å². The maximum Gasteiger partial charge on any atom is 0.187 e. The Balaban J connectivity index is 2.10. The second kappa shape index (κ2) is 6.48. The SMILES string of the molecule is CC(=CC(=O)c1ccc(Br)cc1)Nc1cccc(F)c1. The van der Waals surface area contributed by atoms with Crippen LogP contribution in [0, 0.1) is 5.82 Å². The Bertz CT molecular complexity index is 650. The maximum absolute atomic E-state index is 13.1. The lowest BCUT2D eigenvalue weighted by molar-refractivity contribution is 0.104. The Labute approximate surface area is 125 Å². The van der Waals surface area contributed by atoms with E-state index in [4.69, 9.17) is 0 Å². The van der Waals surface area contributed by atoms with Crippen LogP contribution in [0.2, 0.25) is 0 Å². The zero-order chi connectivity index (χ0) is 14.5. The molecule has 2 aromatic carbocycles. The van der Waals surface area contributed by atoms with Gasteiger partial charge >= 0.3 is 0 Å². The number of hydrogen-bond donors (Lipinski definition) is 1. The van der Waals surface area contributed by atoms with E-state index in [1.54, 1.807) is 31.2 Å². The number of carbonyl (C=O) groups is 1. The number of allylic oxidation sites excluding steroid dienone is 2. The molecule has 0 aliphatic rings. The van der Waals surface area contributed by atoms with Crippen molar-refractivity contribution in [3.8, 4) is 0 Å². The van der Waals surface area contributed by atoms with Crippen LogP contribution in [0.3, 0.4) is 0 Å². The van der Waals surface area contributed by atoms with Crippen molar-refractivity contribution >= 4 is 27.4 Å². The average molecular weight is 334 g/mol. The molecule has 2 rings (SSSR count). The number of ketones is 1. The summed E-state index contributed by atoms with van der Waals surface area (Å²) in [5, 5.41) is 2.99. The number of halogens is 2. The number of carbonyl (C=O) groups excluding carboxylic acids is 1. The van der Waals surface area contributed by atoms with Gasteiger partial charge in [0.2, 0.25) is 0 Å². The van der Waals surface area contributed by atoms with Gasteiger partial charge in [0.05, 0.1) is 0 Å². The monoisotopic (exact) mass is 333 g/mol. The minimum absolute atomic E-state index is 0.0982. The number of anilines is 1. The Hall–Kier alpha value is -1.94. The topological polar surface area (TPSA) is 29.1 Å². The van der Waals surface area contributed by atoms with E-state index in [0.717, 1.165) is 4.47 Å². The van der Waals surface area contributed by atoms with Crippen molar-refractivity contribution in [2.45, 2.75) is 6.92 Å². The third-order valence-electron chi connectivity index (χ3n) is 2.64. The summed E-state index contributed by atoms with van der Waals surface area (Å²) < 4.78 is 14.0. The van der Waals surface area contributed by atoms with Crippen LogP contribution in [0.4, 0.5) is 10.1 Å². The van der Waals surface area contributed by atoms with Crippen LogP contribution in [0.15, 0.2) is 64.8 Å². The summed E-state index contributed by atoms with van der Waals surface area (Å²) >= 11 is 3.32. The van der Waals surface area contributed by atoms with Gasteiger partial charge in [-0.2, -0.15) is 0 Å². The van der Waals surface area contributed by atoms with Crippen LogP contribution >= 0.6 is 15.9 Å². The number of benzene rings is 2. The lowest BCUT2D eigenvalue weighted by Gasteiger charge is -2.06. The molecule has 0 unspecified atom stereocenters. The molecule has 0 amide bonds. The molecule has 102 valence electrons. The molecule has 0 aromatic heterocycles. The summed E-state index contributed by atoms with van der Waals surface area (Å²) in [6.45, 7) is 1.77. The summed E-state index contributed by atoms with van der Waals surface area (Å²) in [7, 11) is 0. The molecule has 0 spiro atoms. The van der Waals surface area contributed by atoms with Gasteiger partial charge < -0.3 is 5.32 Å². The number of rotatable bonds is 4. The predicted molar refractivity (Wildman–Crippen MR) is 82.3 cm³/mol. The smallest absolute Gasteiger partial charge is 0.187 e. The molecule has 0 saturated carbocycles. The maximum atomic E-state index is 13.1. The van der Waals surface area contributed by atoms with Crippen molar-refractivity contribution < 1.29 is 9.18 Å². The van der Waals surface area contributed by atoms with Crippen molar-refractivity contribution in [1.82, 2.24) is 0 Å². The highest BCUT2D eigenvalue weighted by molar-refractivity contribution is 9.10. The zero-order valence-corrected chi connectivity index (χ0v) is 12.4. The van der Waals surface area contributed by atoms with Gasteiger partial charge in [0.1, 0.15) is 5.82 Å². The van der Waals surface area contributed by atoms with Crippen molar-refractivity contribution in [2.24, 2.45) is 0 Å². The first-order valence-corrected chi connectivity index (χ1v) is 6.85. The molecule has 2 aromatic rings. The minimum atomic E-state index is -0.318. The van der Waals surface area contributed by atoms with Crippen molar-refractivity contribution in [1.29, 1.82) is 0 Å². The molecule has 0 bridgehead atoms. The van der Waals surface area contributed by atoms with E-state index in [1.807, 2.05) is 12.1 Å². The van der Waals surface area contributed by atoms with Gasteiger partial charge in [-0.15, -0.1) is 0 Å². The van der Waals surface area contributed by atoms with Crippen molar-refractivity contribution in [3.63, 3.8) is 0 Å². The van der Waals surface area contributed by atoms with Crippen molar-refractivity contribution in [2.75, 3.05) is 5.32 Å². The molecule has 0 radical (unpaired) electrons. The van der Waals surface area contributed by atoms with Crippen LogP contribution in [0.1, 0.15) is 17.3 Å². The Morgan fingerprint density at radius 3 is 2.55 bits per heavy atom. The molecular weight excluding hydrogens is 321 g/mol. The minimum Gasteiger partial charge on any atom is -0.359 e. The summed E-state index contributed by atoms with van der Waals surface area (Å²) in [5.41, 5.74) is 1.87. The van der Waals surface area contributed by atoms with E-state index >= 15 is 0 Å². The highest BCUT2D eigenvalue weighted by Gasteiger charge is 2.03. The fourth-order valence-electron chi connectivity index (χ4n) is 1.72. The molecule has 0 aliphatic heterocycles. The largest absolute Gasteiger partial charge is 0.359 e. The van der Waals surface area contributed by atoms with Gasteiger partial charge in [-0.3, -0.25) is 4.79 Å². The highest BCUT2D eigenvalue weighted by atomic mass is 79.9. The molecule has 0 atom stereocenters. The standard InChI is InChI=1S/C16H13BrFNO/c1-11(19-15-4-2-3-14(18)10-15)9-16(20)12-5-7-13(17)8-6-12/h2-10,19H,1H3. The Kier molecular flexibility index (Phi) is 4.69. The van der Waals surface area contributed by atoms with Gasteiger partial charge in [-0.1, -0.05) is 22.0 Å². The quantitative estimate of drug-likeness (QED) is 0.644. The first kappa shape index (κ1) is 14.5. The Morgan fingerprint density at radius 2 is 1.90 bits per heavy atom. The predicted octanol–water partition coefficient (Wildman–Crippen LogP) is 4.79. The summed E-state index contributed by atoms with van der Waals surface area (Å²) in [6, 6.07) is 13.2. The second-order valence-corrected chi connectivity index (χ2v) is 5.25. The Morgan fingerprint density at radius 1 is 1.20 bits per heavy atom. The second-order valence-electron chi connectivity index (χ2n) is 4.33. The van der Waals surface area contributed by atoms with Crippen LogP contribution in [-0.4, -0.2) is 5.78 Å². The van der Waals surface area contributed by atoms with Crippen LogP contribution in [0.5, 0.6) is 0 Å². The first-order valence-electron chi connectivity index (χ1n) is 6.05. The molecule has 0 fully saturated rings. The lowest BCUT2D eigenvalue weighted by Crippen LogP contribution is -2.01. The van der Waals surface area contributed by atoms with Crippen molar-refractivity contribution in [3.05, 3.63) is 76.2 Å². The fraction of sp³-hybridized carbons (Fsp3) is 0.0625. The normalized spacial score (nSPS) is 11.2.